The lowest BCUT2D eigenvalue weighted by Gasteiger charge is -2.22. The molecule has 0 saturated carbocycles. The molecule has 0 radical (unpaired) electrons. The fourth-order valence-electron chi connectivity index (χ4n) is 2.09. The van der Waals surface area contributed by atoms with Crippen molar-refractivity contribution in [2.45, 2.75) is 58.8 Å². The highest BCUT2D eigenvalue weighted by atomic mass is 16.6. The molecule has 2 atom stereocenters. The van der Waals surface area contributed by atoms with Crippen molar-refractivity contribution in [1.82, 2.24) is 5.32 Å². The minimum Gasteiger partial charge on any atom is -0.460 e. The third kappa shape index (κ3) is 6.74. The van der Waals surface area contributed by atoms with Gasteiger partial charge in [-0.3, -0.25) is 4.79 Å². The first-order valence-electron chi connectivity index (χ1n) is 7.38. The van der Waals surface area contributed by atoms with E-state index < -0.39 is 11.7 Å². The number of carbonyl (C=O) groups is 1. The Balaban J connectivity index is 2.41. The molecule has 1 rings (SSSR count). The van der Waals surface area contributed by atoms with Gasteiger partial charge in [-0.15, -0.1) is 0 Å². The third-order valence-electron chi connectivity index (χ3n) is 3.10. The number of rotatable bonds is 6. The number of hydrogen-bond acceptors (Lipinski definition) is 4. The lowest BCUT2D eigenvalue weighted by atomic mass is 10.0. The number of esters is 1. The van der Waals surface area contributed by atoms with Crippen molar-refractivity contribution in [2.24, 2.45) is 0 Å². The molecule has 21 heavy (non-hydrogen) atoms. The maximum atomic E-state index is 11.7. The predicted molar refractivity (Wildman–Crippen MR) is 84.1 cm³/mol. The first-order valence-corrected chi connectivity index (χ1v) is 7.38. The van der Waals surface area contributed by atoms with E-state index in [9.17, 15) is 9.90 Å². The van der Waals surface area contributed by atoms with Crippen molar-refractivity contribution >= 4 is 5.97 Å². The molecule has 0 bridgehead atoms. The van der Waals surface area contributed by atoms with Gasteiger partial charge in [0.15, 0.2) is 0 Å². The van der Waals surface area contributed by atoms with Gasteiger partial charge in [0.2, 0.25) is 0 Å². The highest BCUT2D eigenvalue weighted by Gasteiger charge is 2.19. The van der Waals surface area contributed by atoms with Crippen LogP contribution in [0.1, 0.15) is 51.3 Å². The molecule has 0 saturated heterocycles. The maximum Gasteiger partial charge on any atom is 0.307 e. The van der Waals surface area contributed by atoms with Gasteiger partial charge in [-0.1, -0.05) is 24.3 Å². The zero-order valence-electron chi connectivity index (χ0n) is 13.6. The quantitative estimate of drug-likeness (QED) is 0.792. The topological polar surface area (TPSA) is 58.6 Å². The van der Waals surface area contributed by atoms with Crippen molar-refractivity contribution in [3.05, 3.63) is 35.4 Å². The minimum absolute atomic E-state index is 0.0430. The summed E-state index contributed by atoms with van der Waals surface area (Å²) >= 11 is 0. The van der Waals surface area contributed by atoms with Crippen LogP contribution in [0.4, 0.5) is 0 Å². The molecule has 2 N–H and O–H groups in total. The van der Waals surface area contributed by atoms with Crippen LogP contribution < -0.4 is 5.32 Å². The molecule has 0 aliphatic heterocycles. The van der Waals surface area contributed by atoms with E-state index >= 15 is 0 Å². The average Bonchev–Trinajstić information content (AvgIpc) is 2.34. The van der Waals surface area contributed by atoms with Crippen LogP contribution in [-0.2, 0) is 9.53 Å². The molecule has 1 aromatic carbocycles. The van der Waals surface area contributed by atoms with Crippen LogP contribution in [0.2, 0.25) is 0 Å². The molecule has 2 unspecified atom stereocenters. The Morgan fingerprint density at radius 3 is 2.52 bits per heavy atom. The smallest absolute Gasteiger partial charge is 0.307 e. The summed E-state index contributed by atoms with van der Waals surface area (Å²) in [5.41, 5.74) is 1.51. The SMILES string of the molecule is Cc1ccccc1C(O)CNC(C)CC(=O)OC(C)(C)C. The van der Waals surface area contributed by atoms with E-state index in [1.54, 1.807) is 0 Å². The molecule has 0 aliphatic carbocycles. The molecule has 118 valence electrons. The summed E-state index contributed by atoms with van der Waals surface area (Å²) < 4.78 is 5.28. The summed E-state index contributed by atoms with van der Waals surface area (Å²) in [7, 11) is 0. The van der Waals surface area contributed by atoms with Gasteiger partial charge in [-0.2, -0.15) is 0 Å². The van der Waals surface area contributed by atoms with Crippen LogP contribution in [0.15, 0.2) is 24.3 Å². The van der Waals surface area contributed by atoms with Crippen molar-refractivity contribution in [3.8, 4) is 0 Å². The summed E-state index contributed by atoms with van der Waals surface area (Å²) in [5.74, 6) is -0.229. The number of hydrogen-bond donors (Lipinski definition) is 2. The fourth-order valence-corrected chi connectivity index (χ4v) is 2.09. The summed E-state index contributed by atoms with van der Waals surface area (Å²) in [6.07, 6.45) is -0.287. The van der Waals surface area contributed by atoms with Crippen LogP contribution in [0.3, 0.4) is 0 Å². The Kier molecular flexibility index (Phi) is 6.37. The third-order valence-corrected chi connectivity index (χ3v) is 3.10. The van der Waals surface area contributed by atoms with Gasteiger partial charge < -0.3 is 15.2 Å². The number of aliphatic hydroxyl groups excluding tert-OH is 1. The molecule has 0 spiro atoms. The van der Waals surface area contributed by atoms with Gasteiger partial charge >= 0.3 is 5.97 Å². The van der Waals surface area contributed by atoms with Gasteiger partial charge in [0.05, 0.1) is 12.5 Å². The van der Waals surface area contributed by atoms with Gasteiger partial charge in [0.1, 0.15) is 5.60 Å². The second-order valence-corrected chi connectivity index (χ2v) is 6.47. The zero-order chi connectivity index (χ0) is 16.0. The van der Waals surface area contributed by atoms with E-state index in [-0.39, 0.29) is 18.4 Å². The lowest BCUT2D eigenvalue weighted by molar-refractivity contribution is -0.155. The van der Waals surface area contributed by atoms with Crippen LogP contribution in [0, 0.1) is 6.92 Å². The number of ether oxygens (including phenoxy) is 1. The molecule has 0 heterocycles. The summed E-state index contributed by atoms with van der Waals surface area (Å²) in [6.45, 7) is 9.85. The first-order chi connectivity index (χ1) is 9.69. The molecule has 0 fully saturated rings. The normalized spacial score (nSPS) is 14.6. The number of aliphatic hydroxyl groups is 1. The Morgan fingerprint density at radius 1 is 1.33 bits per heavy atom. The fraction of sp³-hybridized carbons (Fsp3) is 0.588. The molecule has 0 aromatic heterocycles. The molecule has 0 amide bonds. The van der Waals surface area contributed by atoms with Crippen molar-refractivity contribution in [1.29, 1.82) is 0 Å². The van der Waals surface area contributed by atoms with Gasteiger partial charge in [0, 0.05) is 12.6 Å². The maximum absolute atomic E-state index is 11.7. The first kappa shape index (κ1) is 17.7. The largest absolute Gasteiger partial charge is 0.460 e. The Labute approximate surface area is 127 Å². The Morgan fingerprint density at radius 2 is 1.95 bits per heavy atom. The van der Waals surface area contributed by atoms with Gasteiger partial charge in [0.25, 0.3) is 0 Å². The molecule has 0 aliphatic rings. The van der Waals surface area contributed by atoms with E-state index in [2.05, 4.69) is 5.32 Å². The van der Waals surface area contributed by atoms with E-state index in [1.807, 2.05) is 58.9 Å². The molecule has 1 aromatic rings. The van der Waals surface area contributed by atoms with Crippen LogP contribution in [0.5, 0.6) is 0 Å². The number of aryl methyl sites for hydroxylation is 1. The van der Waals surface area contributed by atoms with Crippen molar-refractivity contribution in [3.63, 3.8) is 0 Å². The lowest BCUT2D eigenvalue weighted by Crippen LogP contribution is -2.34. The van der Waals surface area contributed by atoms with Crippen molar-refractivity contribution < 1.29 is 14.6 Å². The van der Waals surface area contributed by atoms with Crippen LogP contribution in [0.25, 0.3) is 0 Å². The minimum atomic E-state index is -0.577. The van der Waals surface area contributed by atoms with Crippen LogP contribution >= 0.6 is 0 Å². The van der Waals surface area contributed by atoms with E-state index in [0.29, 0.717) is 6.54 Å². The number of carbonyl (C=O) groups excluding carboxylic acids is 1. The predicted octanol–water partition coefficient (Wildman–Crippen LogP) is 2.74. The number of benzene rings is 1. The second kappa shape index (κ2) is 7.57. The summed E-state index contributed by atoms with van der Waals surface area (Å²) in [6, 6.07) is 7.71. The highest BCUT2D eigenvalue weighted by Crippen LogP contribution is 2.16. The zero-order valence-corrected chi connectivity index (χ0v) is 13.6. The molecular formula is C17H27NO3. The monoisotopic (exact) mass is 293 g/mol. The van der Waals surface area contributed by atoms with Crippen LogP contribution in [-0.4, -0.2) is 29.3 Å². The molecule has 4 nitrogen and oxygen atoms in total. The Hall–Kier alpha value is -1.39. The number of nitrogens with one attached hydrogen (secondary N) is 1. The van der Waals surface area contributed by atoms with Gasteiger partial charge in [-0.05, 0) is 45.7 Å². The molecule has 4 heteroatoms. The van der Waals surface area contributed by atoms with E-state index in [1.165, 1.54) is 0 Å². The second-order valence-electron chi connectivity index (χ2n) is 6.47. The van der Waals surface area contributed by atoms with E-state index in [0.717, 1.165) is 11.1 Å². The highest BCUT2D eigenvalue weighted by molar-refractivity contribution is 5.70. The molecular weight excluding hydrogens is 266 g/mol. The van der Waals surface area contributed by atoms with Crippen molar-refractivity contribution in [2.75, 3.05) is 6.54 Å². The average molecular weight is 293 g/mol. The van der Waals surface area contributed by atoms with E-state index in [4.69, 9.17) is 4.74 Å². The standard InChI is InChI=1S/C17H27NO3/c1-12-8-6-7-9-14(12)15(19)11-18-13(2)10-16(20)21-17(3,4)5/h6-9,13,15,18-19H,10-11H2,1-5H3. The summed E-state index contributed by atoms with van der Waals surface area (Å²) in [4.78, 5) is 11.7. The van der Waals surface area contributed by atoms with Gasteiger partial charge in [-0.25, -0.2) is 0 Å². The Bertz CT molecular complexity index is 465. The summed E-state index contributed by atoms with van der Waals surface area (Å²) in [5, 5.41) is 13.4.